The molecule has 0 spiro atoms. The summed E-state index contributed by atoms with van der Waals surface area (Å²) in [5.41, 5.74) is 1.33. The highest BCUT2D eigenvalue weighted by Crippen LogP contribution is 2.29. The van der Waals surface area contributed by atoms with Gasteiger partial charge in [-0.1, -0.05) is 23.5 Å². The molecule has 7 nitrogen and oxygen atoms in total. The van der Waals surface area contributed by atoms with Crippen molar-refractivity contribution < 1.29 is 22.4 Å². The topological polar surface area (TPSA) is 90.9 Å². The number of aromatic nitrogens is 1. The van der Waals surface area contributed by atoms with Gasteiger partial charge in [0.15, 0.2) is 31.7 Å². The van der Waals surface area contributed by atoms with Gasteiger partial charge < -0.3 is 13.7 Å². The Bertz CT molecular complexity index is 1460. The van der Waals surface area contributed by atoms with Crippen molar-refractivity contribution in [1.29, 1.82) is 0 Å². The van der Waals surface area contributed by atoms with E-state index < -0.39 is 15.7 Å². The Hall–Kier alpha value is -2.56. The Labute approximate surface area is 187 Å². The molecular formula is C21H20N2O5S3. The molecule has 31 heavy (non-hydrogen) atoms. The van der Waals surface area contributed by atoms with Crippen molar-refractivity contribution in [2.45, 2.75) is 11.4 Å². The third kappa shape index (κ3) is 4.28. The van der Waals surface area contributed by atoms with Crippen LogP contribution in [0.1, 0.15) is 10.6 Å². The average Bonchev–Trinajstić information content (AvgIpc) is 3.32. The highest BCUT2D eigenvalue weighted by atomic mass is 32.2. The molecular weight excluding hydrogens is 456 g/mol. The lowest BCUT2D eigenvalue weighted by Gasteiger charge is -2.04. The van der Waals surface area contributed by atoms with Crippen molar-refractivity contribution in [1.82, 2.24) is 4.57 Å². The Morgan fingerprint density at radius 3 is 2.77 bits per heavy atom. The zero-order chi connectivity index (χ0) is 22.2. The quantitative estimate of drug-likeness (QED) is 0.418. The summed E-state index contributed by atoms with van der Waals surface area (Å²) in [5, 5.41) is 0.752. The standard InChI is InChI=1S/C21H20N2O5S3/c1-27-16-6-4-5-13-11-17(28-19(13)16)20(24)22-21-23(9-10-29-2)15-8-7-14(31(3,25)26)12-18(15)30-21/h4-8,11-12H,9-10H2,1-3H3. The number of methoxy groups -OCH3 is 1. The van der Waals surface area contributed by atoms with E-state index in [1.807, 2.05) is 23.0 Å². The zero-order valence-electron chi connectivity index (χ0n) is 17.1. The first-order valence-electron chi connectivity index (χ1n) is 9.30. The van der Waals surface area contributed by atoms with Gasteiger partial charge in [-0.2, -0.15) is 16.8 Å². The minimum Gasteiger partial charge on any atom is -0.493 e. The first-order chi connectivity index (χ1) is 14.8. The first kappa shape index (κ1) is 21.7. The van der Waals surface area contributed by atoms with Crippen LogP contribution in [0.3, 0.4) is 0 Å². The van der Waals surface area contributed by atoms with Crippen LogP contribution in [0.2, 0.25) is 0 Å². The fraction of sp³-hybridized carbons (Fsp3) is 0.238. The van der Waals surface area contributed by atoms with Gasteiger partial charge in [0, 0.05) is 23.9 Å². The lowest BCUT2D eigenvalue weighted by atomic mass is 10.2. The van der Waals surface area contributed by atoms with Gasteiger partial charge in [0.2, 0.25) is 0 Å². The molecule has 1 amide bonds. The van der Waals surface area contributed by atoms with Crippen molar-refractivity contribution in [3.05, 3.63) is 53.0 Å². The number of hydrogen-bond donors (Lipinski definition) is 0. The zero-order valence-corrected chi connectivity index (χ0v) is 19.6. The van der Waals surface area contributed by atoms with E-state index in [0.29, 0.717) is 22.7 Å². The molecule has 2 aromatic heterocycles. The number of carbonyl (C=O) groups excluding carboxylic acids is 1. The molecule has 4 aromatic rings. The molecule has 4 rings (SSSR count). The van der Waals surface area contributed by atoms with Crippen LogP contribution >= 0.6 is 23.1 Å². The Kier molecular flexibility index (Phi) is 5.96. The molecule has 162 valence electrons. The molecule has 2 heterocycles. The van der Waals surface area contributed by atoms with E-state index in [4.69, 9.17) is 9.15 Å². The number of sulfone groups is 1. The van der Waals surface area contributed by atoms with E-state index in [1.165, 1.54) is 17.6 Å². The smallest absolute Gasteiger partial charge is 0.315 e. The van der Waals surface area contributed by atoms with Crippen LogP contribution in [-0.4, -0.2) is 44.3 Å². The van der Waals surface area contributed by atoms with Crippen LogP contribution in [0, 0.1) is 0 Å². The molecule has 0 unspecified atom stereocenters. The van der Waals surface area contributed by atoms with Gasteiger partial charge in [0.05, 0.1) is 22.2 Å². The third-order valence-electron chi connectivity index (χ3n) is 4.74. The van der Waals surface area contributed by atoms with Crippen LogP contribution in [0.15, 0.2) is 56.8 Å². The summed E-state index contributed by atoms with van der Waals surface area (Å²) in [6, 6.07) is 12.0. The number of carbonyl (C=O) groups is 1. The van der Waals surface area contributed by atoms with Gasteiger partial charge in [-0.05, 0) is 36.6 Å². The Morgan fingerprint density at radius 2 is 2.06 bits per heavy atom. The molecule has 2 aromatic carbocycles. The number of rotatable bonds is 6. The molecule has 0 saturated carbocycles. The number of amides is 1. The maximum atomic E-state index is 12.9. The second-order valence-electron chi connectivity index (χ2n) is 6.84. The Balaban J connectivity index is 1.84. The maximum Gasteiger partial charge on any atom is 0.315 e. The van der Waals surface area contributed by atoms with E-state index in [1.54, 1.807) is 49.2 Å². The summed E-state index contributed by atoms with van der Waals surface area (Å²) in [6.45, 7) is 0.638. The summed E-state index contributed by atoms with van der Waals surface area (Å²) in [4.78, 5) is 17.9. The summed E-state index contributed by atoms with van der Waals surface area (Å²) < 4.78 is 37.6. The van der Waals surface area contributed by atoms with Crippen LogP contribution in [0.25, 0.3) is 21.2 Å². The van der Waals surface area contributed by atoms with Gasteiger partial charge in [0.25, 0.3) is 0 Å². The average molecular weight is 477 g/mol. The van der Waals surface area contributed by atoms with E-state index in [9.17, 15) is 13.2 Å². The lowest BCUT2D eigenvalue weighted by molar-refractivity contribution is 0.0973. The Morgan fingerprint density at radius 1 is 1.26 bits per heavy atom. The van der Waals surface area contributed by atoms with E-state index in [-0.39, 0.29) is 10.7 Å². The van der Waals surface area contributed by atoms with Crippen LogP contribution in [0.5, 0.6) is 5.75 Å². The minimum absolute atomic E-state index is 0.116. The number of fused-ring (bicyclic) bond motifs is 2. The lowest BCUT2D eigenvalue weighted by Crippen LogP contribution is -2.18. The number of ether oxygens (including phenoxy) is 1. The number of thiazole rings is 1. The van der Waals surface area contributed by atoms with Crippen molar-refractivity contribution in [2.75, 3.05) is 25.4 Å². The van der Waals surface area contributed by atoms with E-state index in [0.717, 1.165) is 21.4 Å². The molecule has 0 bridgehead atoms. The van der Waals surface area contributed by atoms with Gasteiger partial charge in [0.1, 0.15) is 0 Å². The second-order valence-corrected chi connectivity index (χ2v) is 10.8. The summed E-state index contributed by atoms with van der Waals surface area (Å²) in [7, 11) is -1.79. The fourth-order valence-corrected chi connectivity index (χ4v) is 5.39. The van der Waals surface area contributed by atoms with Gasteiger partial charge in [-0.25, -0.2) is 8.42 Å². The number of hydrogen-bond acceptors (Lipinski definition) is 7. The largest absolute Gasteiger partial charge is 0.493 e. The molecule has 10 heteroatoms. The highest BCUT2D eigenvalue weighted by Gasteiger charge is 2.16. The molecule has 0 N–H and O–H groups in total. The van der Waals surface area contributed by atoms with Gasteiger partial charge in [-0.3, -0.25) is 4.79 Å². The second kappa shape index (κ2) is 8.52. The normalized spacial score (nSPS) is 12.7. The predicted molar refractivity (Wildman–Crippen MR) is 124 cm³/mol. The monoisotopic (exact) mass is 476 g/mol. The predicted octanol–water partition coefficient (Wildman–Crippen LogP) is 3.97. The molecule has 0 aliphatic heterocycles. The number of nitrogens with zero attached hydrogens (tertiary/aromatic N) is 2. The molecule has 0 fully saturated rings. The number of aryl methyl sites for hydroxylation is 1. The third-order valence-corrected chi connectivity index (χ3v) is 7.48. The summed E-state index contributed by atoms with van der Waals surface area (Å²) >= 11 is 2.95. The molecule has 0 aliphatic carbocycles. The van der Waals surface area contributed by atoms with Crippen molar-refractivity contribution in [2.24, 2.45) is 4.99 Å². The van der Waals surface area contributed by atoms with Crippen molar-refractivity contribution in [3.8, 4) is 5.75 Å². The number of thioether (sulfide) groups is 1. The summed E-state index contributed by atoms with van der Waals surface area (Å²) in [5.74, 6) is 0.973. The van der Waals surface area contributed by atoms with Crippen molar-refractivity contribution >= 4 is 60.0 Å². The maximum absolute atomic E-state index is 12.9. The van der Waals surface area contributed by atoms with Gasteiger partial charge >= 0.3 is 5.91 Å². The van der Waals surface area contributed by atoms with Crippen molar-refractivity contribution in [3.63, 3.8) is 0 Å². The minimum atomic E-state index is -3.33. The number of furan rings is 1. The highest BCUT2D eigenvalue weighted by molar-refractivity contribution is 7.98. The SMILES string of the molecule is COc1cccc2cc(C(=O)N=c3sc4cc(S(C)(=O)=O)ccc4n3CCSC)oc12. The number of benzene rings is 2. The summed E-state index contributed by atoms with van der Waals surface area (Å²) in [6.07, 6.45) is 3.18. The molecule has 0 saturated heterocycles. The molecule has 0 radical (unpaired) electrons. The number of para-hydroxylation sites is 1. The van der Waals surface area contributed by atoms with Crippen LogP contribution < -0.4 is 9.54 Å². The van der Waals surface area contributed by atoms with E-state index in [2.05, 4.69) is 4.99 Å². The van der Waals surface area contributed by atoms with Crippen LogP contribution in [-0.2, 0) is 16.4 Å². The fourth-order valence-electron chi connectivity index (χ4n) is 3.21. The molecule has 0 atom stereocenters. The van der Waals surface area contributed by atoms with Gasteiger partial charge in [-0.15, -0.1) is 0 Å². The molecule has 0 aliphatic rings. The van der Waals surface area contributed by atoms with E-state index >= 15 is 0 Å². The first-order valence-corrected chi connectivity index (χ1v) is 13.4. The van der Waals surface area contributed by atoms with Crippen LogP contribution in [0.4, 0.5) is 0 Å².